The monoisotopic (exact) mass is 293 g/mol. The van der Waals surface area contributed by atoms with Gasteiger partial charge < -0.3 is 5.32 Å². The number of carbonyl (C=O) groups excluding carboxylic acids is 1. The molecule has 0 aliphatic rings. The summed E-state index contributed by atoms with van der Waals surface area (Å²) in [6, 6.07) is 9.61. The first-order valence-electron chi connectivity index (χ1n) is 6.11. The van der Waals surface area contributed by atoms with Gasteiger partial charge in [-0.05, 0) is 17.5 Å². The molecule has 5 nitrogen and oxygen atoms in total. The molecular weight excluding hydrogens is 278 g/mol. The molecule has 0 unspecified atom stereocenters. The van der Waals surface area contributed by atoms with Gasteiger partial charge in [0.15, 0.2) is 0 Å². The van der Waals surface area contributed by atoms with Crippen LogP contribution < -0.4 is 5.32 Å². The zero-order valence-electron chi connectivity index (χ0n) is 11.1. The van der Waals surface area contributed by atoms with Crippen molar-refractivity contribution in [2.75, 3.05) is 5.32 Å². The molecule has 106 valence electrons. The third kappa shape index (κ3) is 2.81. The topological polar surface area (TPSA) is 83.5 Å². The Morgan fingerprint density at radius 2 is 1.75 bits per heavy atom. The van der Waals surface area contributed by atoms with E-state index in [2.05, 4.69) is 5.32 Å². The van der Waals surface area contributed by atoms with Crippen molar-refractivity contribution in [2.45, 2.75) is 18.7 Å². The van der Waals surface area contributed by atoms with Crippen LogP contribution in [0.3, 0.4) is 0 Å². The molecule has 0 aliphatic carbocycles. The van der Waals surface area contributed by atoms with Crippen molar-refractivity contribution >= 4 is 32.5 Å². The van der Waals surface area contributed by atoms with E-state index in [1.807, 2.05) is 0 Å². The minimum atomic E-state index is -4.36. The standard InChI is InChI=1S/C14H15NO4S/c1-9(2)14(16)15-11-7-3-5-10-6-4-8-12(13(10)11)20(17,18)19/h3-9H,1-2H3,(H,15,16)(H,17,18,19). The summed E-state index contributed by atoms with van der Waals surface area (Å²) in [5.74, 6) is -0.453. The second kappa shape index (κ2) is 5.22. The minimum Gasteiger partial charge on any atom is -0.325 e. The quantitative estimate of drug-likeness (QED) is 0.852. The summed E-state index contributed by atoms with van der Waals surface area (Å²) >= 11 is 0. The molecule has 0 saturated heterocycles. The molecule has 2 N–H and O–H groups in total. The lowest BCUT2D eigenvalue weighted by molar-refractivity contribution is -0.118. The molecule has 6 heteroatoms. The van der Waals surface area contributed by atoms with Crippen molar-refractivity contribution in [1.29, 1.82) is 0 Å². The van der Waals surface area contributed by atoms with Gasteiger partial charge >= 0.3 is 0 Å². The summed E-state index contributed by atoms with van der Waals surface area (Å²) in [7, 11) is -4.36. The van der Waals surface area contributed by atoms with Gasteiger partial charge in [0.25, 0.3) is 10.1 Å². The van der Waals surface area contributed by atoms with Crippen molar-refractivity contribution in [2.24, 2.45) is 5.92 Å². The van der Waals surface area contributed by atoms with Gasteiger partial charge in [0.05, 0.1) is 0 Å². The summed E-state index contributed by atoms with van der Waals surface area (Å²) in [4.78, 5) is 11.6. The van der Waals surface area contributed by atoms with Crippen LogP contribution in [0, 0.1) is 5.92 Å². The lowest BCUT2D eigenvalue weighted by Crippen LogP contribution is -2.18. The Morgan fingerprint density at radius 3 is 2.30 bits per heavy atom. The van der Waals surface area contributed by atoms with E-state index >= 15 is 0 Å². The molecule has 1 amide bonds. The van der Waals surface area contributed by atoms with Gasteiger partial charge in [-0.3, -0.25) is 9.35 Å². The fraction of sp³-hybridized carbons (Fsp3) is 0.214. The SMILES string of the molecule is CC(C)C(=O)Nc1cccc2cccc(S(=O)(=O)O)c12. The summed E-state index contributed by atoms with van der Waals surface area (Å²) < 4.78 is 32.2. The van der Waals surface area contributed by atoms with Gasteiger partial charge in [0, 0.05) is 17.0 Å². The van der Waals surface area contributed by atoms with Crippen molar-refractivity contribution < 1.29 is 17.8 Å². The number of benzene rings is 2. The Hall–Kier alpha value is -1.92. The number of fused-ring (bicyclic) bond motifs is 1. The smallest absolute Gasteiger partial charge is 0.295 e. The first-order valence-corrected chi connectivity index (χ1v) is 7.55. The molecule has 0 atom stereocenters. The molecule has 2 aromatic rings. The highest BCUT2D eigenvalue weighted by molar-refractivity contribution is 7.86. The van der Waals surface area contributed by atoms with Gasteiger partial charge in [0.2, 0.25) is 5.91 Å². The first-order chi connectivity index (χ1) is 9.30. The second-order valence-electron chi connectivity index (χ2n) is 4.78. The summed E-state index contributed by atoms with van der Waals surface area (Å²) in [5.41, 5.74) is 0.370. The van der Waals surface area contributed by atoms with Crippen molar-refractivity contribution in [3.63, 3.8) is 0 Å². The Morgan fingerprint density at radius 1 is 1.15 bits per heavy atom. The number of amides is 1. The van der Waals surface area contributed by atoms with Crippen LogP contribution in [-0.4, -0.2) is 18.9 Å². The Bertz CT molecular complexity index is 761. The zero-order chi connectivity index (χ0) is 14.9. The fourth-order valence-corrected chi connectivity index (χ4v) is 2.64. The maximum atomic E-state index is 11.8. The number of rotatable bonds is 3. The summed E-state index contributed by atoms with van der Waals surface area (Å²) in [6.07, 6.45) is 0. The zero-order valence-corrected chi connectivity index (χ0v) is 11.9. The third-order valence-corrected chi connectivity index (χ3v) is 3.82. The van der Waals surface area contributed by atoms with Gasteiger partial charge in [-0.2, -0.15) is 8.42 Å². The van der Waals surface area contributed by atoms with Gasteiger partial charge in [-0.25, -0.2) is 0 Å². The van der Waals surface area contributed by atoms with E-state index in [-0.39, 0.29) is 16.7 Å². The Labute approximate surface area is 117 Å². The normalized spacial score (nSPS) is 11.8. The van der Waals surface area contributed by atoms with E-state index in [1.165, 1.54) is 6.07 Å². The van der Waals surface area contributed by atoms with Crippen molar-refractivity contribution in [3.8, 4) is 0 Å². The maximum Gasteiger partial charge on any atom is 0.295 e. The van der Waals surface area contributed by atoms with Crippen LogP contribution in [0.25, 0.3) is 10.8 Å². The van der Waals surface area contributed by atoms with E-state index in [4.69, 9.17) is 0 Å². The molecule has 0 radical (unpaired) electrons. The van der Waals surface area contributed by atoms with E-state index in [9.17, 15) is 17.8 Å². The number of nitrogens with one attached hydrogen (secondary N) is 1. The number of carbonyl (C=O) groups is 1. The predicted molar refractivity (Wildman–Crippen MR) is 77.2 cm³/mol. The highest BCUT2D eigenvalue weighted by atomic mass is 32.2. The van der Waals surface area contributed by atoms with E-state index in [1.54, 1.807) is 44.2 Å². The molecule has 0 heterocycles. The Balaban J connectivity index is 2.70. The molecule has 0 bridgehead atoms. The van der Waals surface area contributed by atoms with Crippen LogP contribution >= 0.6 is 0 Å². The van der Waals surface area contributed by atoms with Gasteiger partial charge in [-0.15, -0.1) is 0 Å². The van der Waals surface area contributed by atoms with Crippen LogP contribution in [-0.2, 0) is 14.9 Å². The highest BCUT2D eigenvalue weighted by Gasteiger charge is 2.17. The molecule has 0 fully saturated rings. The molecule has 0 aliphatic heterocycles. The van der Waals surface area contributed by atoms with Crippen LogP contribution in [0.1, 0.15) is 13.8 Å². The van der Waals surface area contributed by atoms with Gasteiger partial charge in [-0.1, -0.05) is 38.1 Å². The van der Waals surface area contributed by atoms with E-state index < -0.39 is 10.1 Å². The Kier molecular flexibility index (Phi) is 3.78. The molecule has 0 aromatic heterocycles. The molecule has 0 spiro atoms. The molecule has 0 saturated carbocycles. The first kappa shape index (κ1) is 14.5. The van der Waals surface area contributed by atoms with Crippen LogP contribution in [0.2, 0.25) is 0 Å². The van der Waals surface area contributed by atoms with E-state index in [0.717, 1.165) is 0 Å². The average molecular weight is 293 g/mol. The van der Waals surface area contributed by atoms with Crippen LogP contribution in [0.4, 0.5) is 5.69 Å². The molecule has 2 rings (SSSR count). The van der Waals surface area contributed by atoms with Crippen molar-refractivity contribution in [1.82, 2.24) is 0 Å². The molecular formula is C14H15NO4S. The molecule has 20 heavy (non-hydrogen) atoms. The van der Waals surface area contributed by atoms with E-state index in [0.29, 0.717) is 16.5 Å². The molecule has 2 aromatic carbocycles. The predicted octanol–water partition coefficient (Wildman–Crippen LogP) is 2.68. The lowest BCUT2D eigenvalue weighted by Gasteiger charge is -2.12. The lowest BCUT2D eigenvalue weighted by atomic mass is 10.1. The van der Waals surface area contributed by atoms with Crippen LogP contribution in [0.5, 0.6) is 0 Å². The number of hydrogen-bond acceptors (Lipinski definition) is 3. The van der Waals surface area contributed by atoms with Gasteiger partial charge in [0.1, 0.15) is 4.90 Å². The average Bonchev–Trinajstić information content (AvgIpc) is 2.37. The third-order valence-electron chi connectivity index (χ3n) is 2.93. The summed E-state index contributed by atoms with van der Waals surface area (Å²) in [5, 5.41) is 3.62. The number of hydrogen-bond donors (Lipinski definition) is 2. The minimum absolute atomic E-state index is 0.213. The summed E-state index contributed by atoms with van der Waals surface area (Å²) in [6.45, 7) is 3.48. The maximum absolute atomic E-state index is 11.8. The number of anilines is 1. The second-order valence-corrected chi connectivity index (χ2v) is 6.17. The fourth-order valence-electron chi connectivity index (χ4n) is 1.90. The largest absolute Gasteiger partial charge is 0.325 e. The van der Waals surface area contributed by atoms with Crippen molar-refractivity contribution in [3.05, 3.63) is 36.4 Å². The highest BCUT2D eigenvalue weighted by Crippen LogP contribution is 2.30. The van der Waals surface area contributed by atoms with Crippen LogP contribution in [0.15, 0.2) is 41.3 Å².